The Morgan fingerprint density at radius 2 is 1.65 bits per heavy atom. The monoisotopic (exact) mass is 300 g/mol. The van der Waals surface area contributed by atoms with Crippen LogP contribution in [0, 0.1) is 24.4 Å². The molecule has 0 saturated carbocycles. The Morgan fingerprint density at radius 1 is 1.00 bits per heavy atom. The molecule has 0 spiro atoms. The number of benzene rings is 2. The molecule has 2 aromatic rings. The van der Waals surface area contributed by atoms with Crippen LogP contribution in [0.1, 0.15) is 22.1 Å². The van der Waals surface area contributed by atoms with Crippen molar-refractivity contribution < 1.29 is 17.9 Å². The zero-order valence-electron chi connectivity index (χ0n) is 10.9. The molecule has 106 valence electrons. The van der Waals surface area contributed by atoms with Gasteiger partial charge in [-0.3, -0.25) is 0 Å². The number of hydrogen-bond donors (Lipinski definition) is 0. The lowest BCUT2D eigenvalue weighted by molar-refractivity contribution is 0.414. The van der Waals surface area contributed by atoms with Gasteiger partial charge >= 0.3 is 0 Å². The number of methoxy groups -OCH3 is 1. The van der Waals surface area contributed by atoms with Gasteiger partial charge < -0.3 is 4.74 Å². The van der Waals surface area contributed by atoms with Crippen molar-refractivity contribution in [1.29, 1.82) is 0 Å². The highest BCUT2D eigenvalue weighted by Crippen LogP contribution is 2.34. The number of alkyl halides is 1. The molecule has 20 heavy (non-hydrogen) atoms. The van der Waals surface area contributed by atoms with Gasteiger partial charge in [0.1, 0.15) is 5.75 Å². The summed E-state index contributed by atoms with van der Waals surface area (Å²) in [5.41, 5.74) is 1.28. The minimum Gasteiger partial charge on any atom is -0.497 e. The van der Waals surface area contributed by atoms with Gasteiger partial charge in [0.05, 0.1) is 12.5 Å². The maximum atomic E-state index is 13.8. The van der Waals surface area contributed by atoms with Gasteiger partial charge in [0.15, 0.2) is 17.5 Å². The molecule has 2 rings (SSSR count). The fraction of sp³-hybridized carbons (Fsp3) is 0.200. The highest BCUT2D eigenvalue weighted by molar-refractivity contribution is 6.22. The second kappa shape index (κ2) is 5.75. The fourth-order valence-electron chi connectivity index (χ4n) is 1.96. The minimum absolute atomic E-state index is 0.0983. The lowest BCUT2D eigenvalue weighted by Gasteiger charge is -2.15. The molecule has 2 aromatic carbocycles. The van der Waals surface area contributed by atoms with E-state index in [-0.39, 0.29) is 5.56 Å². The largest absolute Gasteiger partial charge is 0.497 e. The molecule has 1 nitrogen and oxygen atoms in total. The molecular weight excluding hydrogens is 289 g/mol. The van der Waals surface area contributed by atoms with Crippen LogP contribution in [0.25, 0.3) is 0 Å². The Labute approximate surface area is 119 Å². The van der Waals surface area contributed by atoms with E-state index in [1.807, 2.05) is 0 Å². The summed E-state index contributed by atoms with van der Waals surface area (Å²) >= 11 is 6.19. The Bertz CT molecular complexity index is 643. The molecule has 0 aromatic heterocycles. The predicted octanol–water partition coefficient (Wildman–Crippen LogP) is 4.75. The van der Waals surface area contributed by atoms with Gasteiger partial charge in [0.25, 0.3) is 0 Å². The smallest absolute Gasteiger partial charge is 0.194 e. The second-order valence-corrected chi connectivity index (χ2v) is 4.79. The molecule has 0 amide bonds. The first-order chi connectivity index (χ1) is 9.45. The molecule has 0 N–H and O–H groups in total. The minimum atomic E-state index is -1.51. The van der Waals surface area contributed by atoms with Crippen LogP contribution in [0.2, 0.25) is 0 Å². The van der Waals surface area contributed by atoms with Gasteiger partial charge in [-0.2, -0.15) is 0 Å². The molecule has 5 heteroatoms. The Morgan fingerprint density at radius 3 is 2.25 bits per heavy atom. The quantitative estimate of drug-likeness (QED) is 0.587. The van der Waals surface area contributed by atoms with Crippen molar-refractivity contribution in [1.82, 2.24) is 0 Å². The summed E-state index contributed by atoms with van der Waals surface area (Å²) in [5.74, 6) is -3.37. The van der Waals surface area contributed by atoms with E-state index in [0.29, 0.717) is 11.3 Å². The van der Waals surface area contributed by atoms with Crippen molar-refractivity contribution in [2.24, 2.45) is 0 Å². The zero-order valence-corrected chi connectivity index (χ0v) is 11.6. The van der Waals surface area contributed by atoms with E-state index in [9.17, 15) is 13.2 Å². The average molecular weight is 301 g/mol. The van der Waals surface area contributed by atoms with Crippen LogP contribution in [0.15, 0.2) is 30.3 Å². The van der Waals surface area contributed by atoms with E-state index < -0.39 is 22.8 Å². The van der Waals surface area contributed by atoms with E-state index in [1.165, 1.54) is 7.11 Å². The third-order valence-electron chi connectivity index (χ3n) is 3.09. The summed E-state index contributed by atoms with van der Waals surface area (Å²) in [6, 6.07) is 7.10. The van der Waals surface area contributed by atoms with Crippen LogP contribution < -0.4 is 4.74 Å². The van der Waals surface area contributed by atoms with E-state index in [2.05, 4.69) is 0 Å². The van der Waals surface area contributed by atoms with Crippen LogP contribution >= 0.6 is 11.6 Å². The standard InChI is InChI=1S/C15H12ClF3O/c1-8-7-9(20-2)3-4-10(8)13(16)11-5-6-12(17)15(19)14(11)18/h3-7,13H,1-2H3. The molecule has 0 saturated heterocycles. The van der Waals surface area contributed by atoms with Gasteiger partial charge in [0, 0.05) is 5.56 Å². The second-order valence-electron chi connectivity index (χ2n) is 4.35. The summed E-state index contributed by atoms with van der Waals surface area (Å²) in [6.45, 7) is 1.78. The number of ether oxygens (including phenoxy) is 1. The number of hydrogen-bond acceptors (Lipinski definition) is 1. The Balaban J connectivity index is 2.46. The number of halogens is 4. The zero-order chi connectivity index (χ0) is 14.9. The summed E-state index contributed by atoms with van der Waals surface area (Å²) in [7, 11) is 1.53. The highest BCUT2D eigenvalue weighted by Gasteiger charge is 2.21. The van der Waals surface area contributed by atoms with Gasteiger partial charge in [-0.05, 0) is 36.2 Å². The van der Waals surface area contributed by atoms with Gasteiger partial charge in [-0.1, -0.05) is 12.1 Å². The van der Waals surface area contributed by atoms with Crippen LogP contribution in [0.4, 0.5) is 13.2 Å². The van der Waals surface area contributed by atoms with Crippen LogP contribution in [-0.4, -0.2) is 7.11 Å². The third-order valence-corrected chi connectivity index (χ3v) is 3.56. The topological polar surface area (TPSA) is 9.23 Å². The molecule has 0 fully saturated rings. The van der Waals surface area contributed by atoms with Gasteiger partial charge in [0.2, 0.25) is 0 Å². The normalized spacial score (nSPS) is 12.3. The molecule has 0 radical (unpaired) electrons. The Kier molecular flexibility index (Phi) is 4.23. The maximum Gasteiger partial charge on any atom is 0.194 e. The van der Waals surface area contributed by atoms with Crippen molar-refractivity contribution in [2.75, 3.05) is 7.11 Å². The fourth-order valence-corrected chi connectivity index (χ4v) is 2.38. The summed E-state index contributed by atoms with van der Waals surface area (Å²) in [4.78, 5) is 0. The van der Waals surface area contributed by atoms with Crippen molar-refractivity contribution >= 4 is 11.6 Å². The summed E-state index contributed by atoms with van der Waals surface area (Å²) in [6.07, 6.45) is 0. The molecular formula is C15H12ClF3O. The van der Waals surface area contributed by atoms with E-state index in [0.717, 1.165) is 17.7 Å². The number of aryl methyl sites for hydroxylation is 1. The van der Waals surface area contributed by atoms with E-state index in [4.69, 9.17) is 16.3 Å². The summed E-state index contributed by atoms with van der Waals surface area (Å²) < 4.78 is 45.0. The first-order valence-electron chi connectivity index (χ1n) is 5.87. The lowest BCUT2D eigenvalue weighted by atomic mass is 9.99. The summed E-state index contributed by atoms with van der Waals surface area (Å²) in [5, 5.41) is -0.906. The van der Waals surface area contributed by atoms with Crippen molar-refractivity contribution in [3.8, 4) is 5.75 Å². The van der Waals surface area contributed by atoms with Crippen molar-refractivity contribution in [3.63, 3.8) is 0 Å². The molecule has 1 unspecified atom stereocenters. The number of rotatable bonds is 3. The molecule has 0 aliphatic rings. The lowest BCUT2D eigenvalue weighted by Crippen LogP contribution is -2.03. The first-order valence-corrected chi connectivity index (χ1v) is 6.31. The molecule has 0 heterocycles. The molecule has 1 atom stereocenters. The maximum absolute atomic E-state index is 13.8. The predicted molar refractivity (Wildman–Crippen MR) is 71.7 cm³/mol. The van der Waals surface area contributed by atoms with E-state index in [1.54, 1.807) is 25.1 Å². The Hall–Kier alpha value is -1.68. The average Bonchev–Trinajstić information content (AvgIpc) is 2.44. The molecule has 0 bridgehead atoms. The molecule has 0 aliphatic carbocycles. The van der Waals surface area contributed by atoms with Crippen LogP contribution in [-0.2, 0) is 0 Å². The first kappa shape index (κ1) is 14.7. The molecule has 0 aliphatic heterocycles. The van der Waals surface area contributed by atoms with Crippen molar-refractivity contribution in [2.45, 2.75) is 12.3 Å². The van der Waals surface area contributed by atoms with Crippen LogP contribution in [0.3, 0.4) is 0 Å². The highest BCUT2D eigenvalue weighted by atomic mass is 35.5. The SMILES string of the molecule is COc1ccc(C(Cl)c2ccc(F)c(F)c2F)c(C)c1. The van der Waals surface area contributed by atoms with Crippen LogP contribution in [0.5, 0.6) is 5.75 Å². The van der Waals surface area contributed by atoms with Gasteiger partial charge in [-0.15, -0.1) is 11.6 Å². The van der Waals surface area contributed by atoms with E-state index >= 15 is 0 Å². The third kappa shape index (κ3) is 2.61. The van der Waals surface area contributed by atoms with Gasteiger partial charge in [-0.25, -0.2) is 13.2 Å². The van der Waals surface area contributed by atoms with Crippen molar-refractivity contribution in [3.05, 3.63) is 64.5 Å².